The Bertz CT molecular complexity index is 259. The first kappa shape index (κ1) is 9.83. The van der Waals surface area contributed by atoms with Crippen LogP contribution in [0.4, 0.5) is 5.95 Å². The molecule has 0 aliphatic heterocycles. The number of rotatable bonds is 5. The molecule has 0 aliphatic rings. The first-order valence-electron chi connectivity index (χ1n) is 4.61. The molecular formula is C8H16N4O. The molecule has 0 bridgehead atoms. The second-order valence-corrected chi connectivity index (χ2v) is 2.76. The Morgan fingerprint density at radius 2 is 2.23 bits per heavy atom. The quantitative estimate of drug-likeness (QED) is 0.743. The summed E-state index contributed by atoms with van der Waals surface area (Å²) in [6, 6.07) is 0.371. The van der Waals surface area contributed by atoms with Gasteiger partial charge in [0.15, 0.2) is 0 Å². The topological polar surface area (TPSA) is 66.0 Å². The molecule has 0 radical (unpaired) electrons. The van der Waals surface area contributed by atoms with Gasteiger partial charge in [0, 0.05) is 6.54 Å². The highest BCUT2D eigenvalue weighted by molar-refractivity contribution is 5.18. The van der Waals surface area contributed by atoms with E-state index in [2.05, 4.69) is 17.0 Å². The Morgan fingerprint density at radius 1 is 1.46 bits per heavy atom. The van der Waals surface area contributed by atoms with Gasteiger partial charge in [-0.1, -0.05) is 13.3 Å². The van der Waals surface area contributed by atoms with Crippen molar-refractivity contribution in [3.63, 3.8) is 0 Å². The standard InChI is InChI=1S/C8H16N4O/c1-3-5-6-12-7(9)10-8(11-12)13-4-2/h3-6H2,1-2H3,(H2,9,10,11). The molecular weight excluding hydrogens is 168 g/mol. The van der Waals surface area contributed by atoms with Gasteiger partial charge in [0.2, 0.25) is 5.95 Å². The van der Waals surface area contributed by atoms with Crippen LogP contribution in [0.3, 0.4) is 0 Å². The maximum absolute atomic E-state index is 5.62. The Balaban J connectivity index is 2.60. The summed E-state index contributed by atoms with van der Waals surface area (Å²) in [5.41, 5.74) is 5.62. The normalized spacial score (nSPS) is 10.3. The van der Waals surface area contributed by atoms with Gasteiger partial charge in [0.1, 0.15) is 0 Å². The number of nitrogens with two attached hydrogens (primary N) is 1. The first-order valence-corrected chi connectivity index (χ1v) is 4.61. The van der Waals surface area contributed by atoms with Gasteiger partial charge in [-0.3, -0.25) is 0 Å². The zero-order valence-corrected chi connectivity index (χ0v) is 8.16. The summed E-state index contributed by atoms with van der Waals surface area (Å²) in [4.78, 5) is 3.96. The summed E-state index contributed by atoms with van der Waals surface area (Å²) < 4.78 is 6.80. The maximum Gasteiger partial charge on any atom is 0.337 e. The third-order valence-electron chi connectivity index (χ3n) is 1.68. The SMILES string of the molecule is CCCCn1nc(OCC)nc1N. The van der Waals surface area contributed by atoms with Crippen molar-refractivity contribution in [2.24, 2.45) is 0 Å². The molecule has 0 saturated heterocycles. The molecule has 0 amide bonds. The van der Waals surface area contributed by atoms with E-state index in [1.807, 2.05) is 6.92 Å². The molecule has 0 atom stereocenters. The third kappa shape index (κ3) is 2.61. The Hall–Kier alpha value is -1.26. The van der Waals surface area contributed by atoms with Gasteiger partial charge in [-0.05, 0) is 13.3 Å². The number of nitrogens with zero attached hydrogens (tertiary/aromatic N) is 3. The lowest BCUT2D eigenvalue weighted by atomic mass is 10.3. The fraction of sp³-hybridized carbons (Fsp3) is 0.750. The minimum absolute atomic E-state index is 0.371. The molecule has 0 fully saturated rings. The van der Waals surface area contributed by atoms with Crippen molar-refractivity contribution in [2.75, 3.05) is 12.3 Å². The summed E-state index contributed by atoms with van der Waals surface area (Å²) in [6.45, 7) is 5.39. The molecule has 5 heteroatoms. The zero-order chi connectivity index (χ0) is 9.68. The number of ether oxygens (including phenoxy) is 1. The van der Waals surface area contributed by atoms with Gasteiger partial charge >= 0.3 is 6.01 Å². The summed E-state index contributed by atoms with van der Waals surface area (Å²) in [7, 11) is 0. The third-order valence-corrected chi connectivity index (χ3v) is 1.68. The number of aryl methyl sites for hydroxylation is 1. The number of anilines is 1. The van der Waals surface area contributed by atoms with Crippen LogP contribution >= 0.6 is 0 Å². The van der Waals surface area contributed by atoms with E-state index < -0.39 is 0 Å². The molecule has 0 spiro atoms. The van der Waals surface area contributed by atoms with E-state index >= 15 is 0 Å². The van der Waals surface area contributed by atoms with Crippen LogP contribution in [0.5, 0.6) is 6.01 Å². The van der Waals surface area contributed by atoms with E-state index in [0.29, 0.717) is 18.6 Å². The molecule has 2 N–H and O–H groups in total. The molecule has 5 nitrogen and oxygen atoms in total. The maximum atomic E-state index is 5.62. The molecule has 74 valence electrons. The summed E-state index contributed by atoms with van der Waals surface area (Å²) in [6.07, 6.45) is 2.17. The molecule has 13 heavy (non-hydrogen) atoms. The second-order valence-electron chi connectivity index (χ2n) is 2.76. The Kier molecular flexibility index (Phi) is 3.54. The van der Waals surface area contributed by atoms with Crippen molar-refractivity contribution in [3.8, 4) is 6.01 Å². The zero-order valence-electron chi connectivity index (χ0n) is 8.16. The monoisotopic (exact) mass is 184 g/mol. The lowest BCUT2D eigenvalue weighted by molar-refractivity contribution is 0.310. The number of hydrogen-bond acceptors (Lipinski definition) is 4. The van der Waals surface area contributed by atoms with Crippen LogP contribution in [0.1, 0.15) is 26.7 Å². The average molecular weight is 184 g/mol. The van der Waals surface area contributed by atoms with E-state index in [1.165, 1.54) is 0 Å². The van der Waals surface area contributed by atoms with Crippen molar-refractivity contribution in [3.05, 3.63) is 0 Å². The number of aromatic nitrogens is 3. The lowest BCUT2D eigenvalue weighted by Gasteiger charge is -1.98. The average Bonchev–Trinajstić information content (AvgIpc) is 2.44. The van der Waals surface area contributed by atoms with E-state index in [4.69, 9.17) is 10.5 Å². The first-order chi connectivity index (χ1) is 6.27. The van der Waals surface area contributed by atoms with Crippen molar-refractivity contribution in [2.45, 2.75) is 33.2 Å². The molecule has 0 aromatic carbocycles. The minimum atomic E-state index is 0.371. The van der Waals surface area contributed by atoms with E-state index in [1.54, 1.807) is 4.68 Å². The highest BCUT2D eigenvalue weighted by atomic mass is 16.5. The number of nitrogen functional groups attached to an aromatic ring is 1. The Morgan fingerprint density at radius 3 is 2.85 bits per heavy atom. The second kappa shape index (κ2) is 4.69. The van der Waals surface area contributed by atoms with Crippen LogP contribution in [0.2, 0.25) is 0 Å². The fourth-order valence-corrected chi connectivity index (χ4v) is 0.995. The molecule has 1 aromatic rings. The Labute approximate surface area is 77.9 Å². The predicted octanol–water partition coefficient (Wildman–Crippen LogP) is 1.06. The van der Waals surface area contributed by atoms with Crippen molar-refractivity contribution in [1.29, 1.82) is 0 Å². The van der Waals surface area contributed by atoms with E-state index in [9.17, 15) is 0 Å². The van der Waals surface area contributed by atoms with Crippen LogP contribution in [0.15, 0.2) is 0 Å². The predicted molar refractivity (Wildman–Crippen MR) is 50.5 cm³/mol. The molecule has 1 aromatic heterocycles. The van der Waals surface area contributed by atoms with E-state index in [-0.39, 0.29) is 0 Å². The summed E-state index contributed by atoms with van der Waals surface area (Å²) >= 11 is 0. The minimum Gasteiger partial charge on any atom is -0.463 e. The van der Waals surface area contributed by atoms with Crippen molar-refractivity contribution >= 4 is 5.95 Å². The van der Waals surface area contributed by atoms with Gasteiger partial charge in [0.25, 0.3) is 0 Å². The van der Waals surface area contributed by atoms with Crippen LogP contribution in [0, 0.1) is 0 Å². The van der Waals surface area contributed by atoms with Crippen molar-refractivity contribution in [1.82, 2.24) is 14.8 Å². The van der Waals surface area contributed by atoms with Gasteiger partial charge in [-0.15, -0.1) is 5.10 Å². The summed E-state index contributed by atoms with van der Waals surface area (Å²) in [5.74, 6) is 0.428. The fourth-order valence-electron chi connectivity index (χ4n) is 0.995. The smallest absolute Gasteiger partial charge is 0.337 e. The highest BCUT2D eigenvalue weighted by Crippen LogP contribution is 2.08. The van der Waals surface area contributed by atoms with Crippen LogP contribution in [-0.2, 0) is 6.54 Å². The van der Waals surface area contributed by atoms with Crippen LogP contribution < -0.4 is 10.5 Å². The summed E-state index contributed by atoms with van der Waals surface area (Å²) in [5, 5.41) is 4.10. The van der Waals surface area contributed by atoms with Gasteiger partial charge in [-0.25, -0.2) is 4.68 Å². The molecule has 1 heterocycles. The van der Waals surface area contributed by atoms with Gasteiger partial charge < -0.3 is 10.5 Å². The van der Waals surface area contributed by atoms with Gasteiger partial charge in [0.05, 0.1) is 6.61 Å². The lowest BCUT2D eigenvalue weighted by Crippen LogP contribution is -2.04. The molecule has 0 saturated carbocycles. The van der Waals surface area contributed by atoms with Crippen LogP contribution in [-0.4, -0.2) is 21.4 Å². The number of hydrogen-bond donors (Lipinski definition) is 1. The van der Waals surface area contributed by atoms with Crippen LogP contribution in [0.25, 0.3) is 0 Å². The number of unbranched alkanes of at least 4 members (excludes halogenated alkanes) is 1. The van der Waals surface area contributed by atoms with E-state index in [0.717, 1.165) is 19.4 Å². The molecule has 1 rings (SSSR count). The van der Waals surface area contributed by atoms with Gasteiger partial charge in [-0.2, -0.15) is 4.98 Å². The molecule has 0 aliphatic carbocycles. The highest BCUT2D eigenvalue weighted by Gasteiger charge is 2.05. The largest absolute Gasteiger partial charge is 0.463 e. The van der Waals surface area contributed by atoms with Crippen molar-refractivity contribution < 1.29 is 4.74 Å². The molecule has 0 unspecified atom stereocenters.